The maximum atomic E-state index is 9.20. The quantitative estimate of drug-likeness (QED) is 0.828. The van der Waals surface area contributed by atoms with Gasteiger partial charge < -0.3 is 9.84 Å². The first-order valence-electron chi connectivity index (χ1n) is 6.25. The predicted molar refractivity (Wildman–Crippen MR) is 71.7 cm³/mol. The summed E-state index contributed by atoms with van der Waals surface area (Å²) in [6.07, 6.45) is 0. The number of fused-ring (bicyclic) bond motifs is 3. The van der Waals surface area contributed by atoms with Crippen molar-refractivity contribution in [3.63, 3.8) is 0 Å². The third-order valence-electron chi connectivity index (χ3n) is 3.50. The first-order valence-corrected chi connectivity index (χ1v) is 6.25. The number of rotatable bonds is 1. The Hall–Kier alpha value is -1.80. The number of benzene rings is 2. The molecule has 1 unspecified atom stereocenters. The normalized spacial score (nSPS) is 17.3. The van der Waals surface area contributed by atoms with E-state index in [2.05, 4.69) is 31.2 Å². The first kappa shape index (κ1) is 11.3. The molecule has 1 heterocycles. The molecule has 0 fully saturated rings. The van der Waals surface area contributed by atoms with Gasteiger partial charge in [0.25, 0.3) is 0 Å². The fraction of sp³-hybridized carbons (Fsp3) is 0.250. The molecule has 1 N–H and O–H groups in total. The molecule has 2 heteroatoms. The third kappa shape index (κ3) is 1.79. The molecule has 0 saturated carbocycles. The summed E-state index contributed by atoms with van der Waals surface area (Å²) in [5, 5.41) is 9.20. The predicted octanol–water partition coefficient (Wildman–Crippen LogP) is 3.34. The maximum Gasteiger partial charge on any atom is 0.127 e. The van der Waals surface area contributed by atoms with Crippen molar-refractivity contribution >= 4 is 0 Å². The highest BCUT2D eigenvalue weighted by atomic mass is 16.5. The number of ether oxygens (including phenoxy) is 1. The fourth-order valence-electron chi connectivity index (χ4n) is 2.48. The van der Waals surface area contributed by atoms with E-state index in [4.69, 9.17) is 4.74 Å². The molecule has 1 aliphatic heterocycles. The Kier molecular flexibility index (Phi) is 2.80. The minimum atomic E-state index is 0.0494. The molecule has 0 aromatic heterocycles. The van der Waals surface area contributed by atoms with Crippen LogP contribution in [0.25, 0.3) is 11.1 Å². The van der Waals surface area contributed by atoms with Crippen LogP contribution in [-0.2, 0) is 6.61 Å². The summed E-state index contributed by atoms with van der Waals surface area (Å²) in [5.74, 6) is 1.25. The summed E-state index contributed by atoms with van der Waals surface area (Å²) in [4.78, 5) is 0. The van der Waals surface area contributed by atoms with E-state index < -0.39 is 0 Å². The van der Waals surface area contributed by atoms with Gasteiger partial charge in [0.1, 0.15) is 5.75 Å². The van der Waals surface area contributed by atoms with Gasteiger partial charge in [0.05, 0.1) is 13.2 Å². The average molecular weight is 240 g/mol. The summed E-state index contributed by atoms with van der Waals surface area (Å²) in [6.45, 7) is 2.91. The second kappa shape index (κ2) is 4.46. The van der Waals surface area contributed by atoms with Gasteiger partial charge >= 0.3 is 0 Å². The van der Waals surface area contributed by atoms with Crippen LogP contribution < -0.4 is 4.74 Å². The molecule has 2 aromatic carbocycles. The maximum absolute atomic E-state index is 9.20. The third-order valence-corrected chi connectivity index (χ3v) is 3.50. The number of aliphatic hydroxyl groups is 1. The molecule has 18 heavy (non-hydrogen) atoms. The van der Waals surface area contributed by atoms with Gasteiger partial charge in [0.15, 0.2) is 0 Å². The molecule has 0 spiro atoms. The molecule has 0 bridgehead atoms. The Morgan fingerprint density at radius 2 is 2.00 bits per heavy atom. The molecule has 3 rings (SSSR count). The van der Waals surface area contributed by atoms with E-state index in [1.54, 1.807) is 0 Å². The van der Waals surface area contributed by atoms with Crippen molar-refractivity contribution < 1.29 is 9.84 Å². The summed E-state index contributed by atoms with van der Waals surface area (Å²) in [5.41, 5.74) is 4.57. The first-order chi connectivity index (χ1) is 8.79. The van der Waals surface area contributed by atoms with Gasteiger partial charge in [0.2, 0.25) is 0 Å². The van der Waals surface area contributed by atoms with Crippen molar-refractivity contribution in [1.82, 2.24) is 0 Å². The van der Waals surface area contributed by atoms with E-state index in [9.17, 15) is 5.11 Å². The topological polar surface area (TPSA) is 29.5 Å². The fourth-order valence-corrected chi connectivity index (χ4v) is 2.48. The van der Waals surface area contributed by atoms with E-state index in [1.165, 1.54) is 11.1 Å². The van der Waals surface area contributed by atoms with Gasteiger partial charge in [-0.05, 0) is 22.8 Å². The van der Waals surface area contributed by atoms with E-state index in [0.717, 1.165) is 16.9 Å². The zero-order chi connectivity index (χ0) is 12.5. The van der Waals surface area contributed by atoms with Crippen LogP contribution in [0.2, 0.25) is 0 Å². The van der Waals surface area contributed by atoms with Crippen LogP contribution in [0.4, 0.5) is 0 Å². The van der Waals surface area contributed by atoms with Gasteiger partial charge in [-0.1, -0.05) is 43.3 Å². The minimum Gasteiger partial charge on any atom is -0.492 e. The lowest BCUT2D eigenvalue weighted by Crippen LogP contribution is -2.04. The molecule has 0 amide bonds. The number of hydrogen-bond donors (Lipinski definition) is 1. The Morgan fingerprint density at radius 1 is 1.17 bits per heavy atom. The SMILES string of the molecule is CC1COc2cc(CO)ccc2-c2ccccc21. The Morgan fingerprint density at radius 3 is 2.83 bits per heavy atom. The number of hydrogen-bond acceptors (Lipinski definition) is 2. The van der Waals surface area contributed by atoms with Crippen LogP contribution in [0.5, 0.6) is 5.75 Å². The second-order valence-corrected chi connectivity index (χ2v) is 4.79. The van der Waals surface area contributed by atoms with Crippen molar-refractivity contribution in [2.45, 2.75) is 19.4 Å². The summed E-state index contributed by atoms with van der Waals surface area (Å²) in [6, 6.07) is 14.4. The lowest BCUT2D eigenvalue weighted by Gasteiger charge is -2.10. The highest BCUT2D eigenvalue weighted by molar-refractivity contribution is 5.75. The highest BCUT2D eigenvalue weighted by Gasteiger charge is 2.19. The largest absolute Gasteiger partial charge is 0.492 e. The molecular formula is C16H16O2. The van der Waals surface area contributed by atoms with Crippen LogP contribution in [0.3, 0.4) is 0 Å². The Labute approximate surface area is 107 Å². The summed E-state index contributed by atoms with van der Waals surface area (Å²) >= 11 is 0. The molecule has 92 valence electrons. The van der Waals surface area contributed by atoms with Crippen molar-refractivity contribution in [1.29, 1.82) is 0 Å². The second-order valence-electron chi connectivity index (χ2n) is 4.79. The number of aliphatic hydroxyl groups excluding tert-OH is 1. The Balaban J connectivity index is 2.21. The summed E-state index contributed by atoms with van der Waals surface area (Å²) in [7, 11) is 0. The van der Waals surface area contributed by atoms with Gasteiger partial charge in [-0.15, -0.1) is 0 Å². The van der Waals surface area contributed by atoms with Gasteiger partial charge in [-0.3, -0.25) is 0 Å². The van der Waals surface area contributed by atoms with Crippen molar-refractivity contribution in [3.05, 3.63) is 53.6 Å². The van der Waals surface area contributed by atoms with Crippen LogP contribution >= 0.6 is 0 Å². The van der Waals surface area contributed by atoms with E-state index in [-0.39, 0.29) is 6.61 Å². The van der Waals surface area contributed by atoms with Crippen LogP contribution in [0.1, 0.15) is 24.0 Å². The monoisotopic (exact) mass is 240 g/mol. The zero-order valence-electron chi connectivity index (χ0n) is 10.4. The average Bonchev–Trinajstić information content (AvgIpc) is 2.57. The van der Waals surface area contributed by atoms with Crippen molar-refractivity contribution in [2.24, 2.45) is 0 Å². The smallest absolute Gasteiger partial charge is 0.127 e. The van der Waals surface area contributed by atoms with E-state index in [0.29, 0.717) is 12.5 Å². The lowest BCUT2D eigenvalue weighted by molar-refractivity contribution is 0.277. The standard InChI is InChI=1S/C16H16O2/c1-11-10-18-16-8-12(9-17)6-7-15(16)14-5-3-2-4-13(11)14/h2-8,11,17H,9-10H2,1H3. The van der Waals surface area contributed by atoms with Crippen molar-refractivity contribution in [2.75, 3.05) is 6.61 Å². The molecular weight excluding hydrogens is 224 g/mol. The summed E-state index contributed by atoms with van der Waals surface area (Å²) < 4.78 is 5.87. The van der Waals surface area contributed by atoms with Crippen LogP contribution in [-0.4, -0.2) is 11.7 Å². The molecule has 2 aromatic rings. The van der Waals surface area contributed by atoms with Gasteiger partial charge in [-0.25, -0.2) is 0 Å². The van der Waals surface area contributed by atoms with Gasteiger partial charge in [0, 0.05) is 11.5 Å². The molecule has 2 nitrogen and oxygen atoms in total. The van der Waals surface area contributed by atoms with Gasteiger partial charge in [-0.2, -0.15) is 0 Å². The van der Waals surface area contributed by atoms with E-state index >= 15 is 0 Å². The molecule has 1 atom stereocenters. The molecule has 0 aliphatic carbocycles. The van der Waals surface area contributed by atoms with Crippen LogP contribution in [0, 0.1) is 0 Å². The lowest BCUT2D eigenvalue weighted by atomic mass is 9.92. The Bertz CT molecular complexity index is 575. The van der Waals surface area contributed by atoms with E-state index in [1.807, 2.05) is 18.2 Å². The highest BCUT2D eigenvalue weighted by Crippen LogP contribution is 2.39. The molecule has 0 radical (unpaired) electrons. The van der Waals surface area contributed by atoms with Crippen molar-refractivity contribution in [3.8, 4) is 16.9 Å². The zero-order valence-corrected chi connectivity index (χ0v) is 10.4. The molecule has 1 aliphatic rings. The van der Waals surface area contributed by atoms with Crippen LogP contribution in [0.15, 0.2) is 42.5 Å². The molecule has 0 saturated heterocycles. The minimum absolute atomic E-state index is 0.0494.